The average molecular weight is 411 g/mol. The molecule has 2 aromatic rings. The summed E-state index contributed by atoms with van der Waals surface area (Å²) in [5.74, 6) is -0.175. The van der Waals surface area contributed by atoms with Crippen LogP contribution in [-0.2, 0) is 14.0 Å². The van der Waals surface area contributed by atoms with E-state index in [1.807, 2.05) is 12.1 Å². The van der Waals surface area contributed by atoms with Crippen molar-refractivity contribution in [3.63, 3.8) is 0 Å². The molecule has 29 heavy (non-hydrogen) atoms. The minimum absolute atomic E-state index is 0.0516. The second-order valence-corrected chi connectivity index (χ2v) is 13.6. The van der Waals surface area contributed by atoms with E-state index < -0.39 is 14.4 Å². The van der Waals surface area contributed by atoms with Gasteiger partial charge in [0.1, 0.15) is 6.10 Å². The van der Waals surface area contributed by atoms with E-state index in [9.17, 15) is 9.90 Å². The molecular formula is C24H30O4Si. The summed E-state index contributed by atoms with van der Waals surface area (Å²) >= 11 is 0. The smallest absolute Gasteiger partial charge is 0.306 e. The van der Waals surface area contributed by atoms with Crippen LogP contribution in [-0.4, -0.2) is 38.2 Å². The molecule has 4 nitrogen and oxygen atoms in total. The summed E-state index contributed by atoms with van der Waals surface area (Å²) in [7, 11) is -2.64. The fraction of sp³-hybridized carbons (Fsp3) is 0.458. The molecule has 1 saturated heterocycles. The highest BCUT2D eigenvalue weighted by Crippen LogP contribution is 2.43. The molecule has 2 fully saturated rings. The monoisotopic (exact) mass is 410 g/mol. The first kappa shape index (κ1) is 20.3. The Morgan fingerprint density at radius 3 is 2.10 bits per heavy atom. The van der Waals surface area contributed by atoms with Gasteiger partial charge in [0.15, 0.2) is 0 Å². The van der Waals surface area contributed by atoms with Crippen LogP contribution in [0.25, 0.3) is 0 Å². The Morgan fingerprint density at radius 2 is 1.59 bits per heavy atom. The maximum atomic E-state index is 11.8. The standard InChI is InChI=1S/C24H30O4Si/c1-24(2,3)29(17-10-6-4-7-11-17,18-12-8-5-9-13-18)27-16-20-19-14-23(26)28-22(19)15-21(20)25/h4-13,19-22,25H,14-16H2,1-3H3. The molecule has 1 heterocycles. The van der Waals surface area contributed by atoms with Crippen molar-refractivity contribution in [1.82, 2.24) is 0 Å². The Hall–Kier alpha value is -1.95. The van der Waals surface area contributed by atoms with Crippen molar-refractivity contribution in [2.45, 2.75) is 50.9 Å². The lowest BCUT2D eigenvalue weighted by atomic mass is 9.93. The molecule has 0 spiro atoms. The Labute approximate surface area is 174 Å². The van der Waals surface area contributed by atoms with E-state index in [0.717, 1.165) is 0 Å². The highest BCUT2D eigenvalue weighted by Gasteiger charge is 2.54. The molecule has 5 heteroatoms. The van der Waals surface area contributed by atoms with Crippen molar-refractivity contribution in [3.8, 4) is 0 Å². The van der Waals surface area contributed by atoms with Gasteiger partial charge < -0.3 is 14.3 Å². The fourth-order valence-electron chi connectivity index (χ4n) is 5.19. The topological polar surface area (TPSA) is 55.8 Å². The van der Waals surface area contributed by atoms with Gasteiger partial charge in [-0.25, -0.2) is 0 Å². The van der Waals surface area contributed by atoms with Gasteiger partial charge in [-0.3, -0.25) is 4.79 Å². The number of aliphatic hydroxyl groups excluding tert-OH is 1. The molecule has 4 atom stereocenters. The van der Waals surface area contributed by atoms with Gasteiger partial charge in [-0.05, 0) is 15.4 Å². The second kappa shape index (κ2) is 7.71. The van der Waals surface area contributed by atoms with Crippen molar-refractivity contribution in [2.24, 2.45) is 11.8 Å². The quantitative estimate of drug-likeness (QED) is 0.608. The highest BCUT2D eigenvalue weighted by molar-refractivity contribution is 6.99. The Balaban J connectivity index is 1.72. The molecule has 0 radical (unpaired) electrons. The fourth-order valence-corrected chi connectivity index (χ4v) is 9.79. The van der Waals surface area contributed by atoms with Crippen molar-refractivity contribution in [3.05, 3.63) is 60.7 Å². The van der Waals surface area contributed by atoms with E-state index in [1.54, 1.807) is 0 Å². The lowest BCUT2D eigenvalue weighted by Crippen LogP contribution is -2.67. The summed E-state index contributed by atoms with van der Waals surface area (Å²) < 4.78 is 12.4. The van der Waals surface area contributed by atoms with E-state index in [-0.39, 0.29) is 28.9 Å². The summed E-state index contributed by atoms with van der Waals surface area (Å²) in [5.41, 5.74) is 0. The number of carbonyl (C=O) groups is 1. The van der Waals surface area contributed by atoms with Gasteiger partial charge in [0.25, 0.3) is 8.32 Å². The number of hydrogen-bond donors (Lipinski definition) is 1. The van der Waals surface area contributed by atoms with Gasteiger partial charge in [-0.2, -0.15) is 0 Å². The van der Waals surface area contributed by atoms with Gasteiger partial charge in [0.05, 0.1) is 12.5 Å². The summed E-state index contributed by atoms with van der Waals surface area (Å²) in [4.78, 5) is 11.8. The molecule has 0 bridgehead atoms. The van der Waals surface area contributed by atoms with Gasteiger partial charge in [-0.15, -0.1) is 0 Å². The van der Waals surface area contributed by atoms with Gasteiger partial charge in [0, 0.05) is 24.9 Å². The van der Waals surface area contributed by atoms with Gasteiger partial charge in [0.2, 0.25) is 0 Å². The predicted octanol–water partition coefficient (Wildman–Crippen LogP) is 2.88. The van der Waals surface area contributed by atoms with Crippen LogP contribution in [0.5, 0.6) is 0 Å². The molecule has 1 aliphatic carbocycles. The Morgan fingerprint density at radius 1 is 1.03 bits per heavy atom. The summed E-state index contributed by atoms with van der Waals surface area (Å²) in [6.07, 6.45) is 0.253. The zero-order valence-electron chi connectivity index (χ0n) is 17.4. The van der Waals surface area contributed by atoms with Gasteiger partial charge >= 0.3 is 5.97 Å². The van der Waals surface area contributed by atoms with Crippen LogP contribution in [0.1, 0.15) is 33.6 Å². The SMILES string of the molecule is CC(C)(C)[Si](OCC1C(O)CC2OC(=O)CC21)(c1ccccc1)c1ccccc1. The molecule has 4 unspecified atom stereocenters. The van der Waals surface area contributed by atoms with Crippen LogP contribution in [0.2, 0.25) is 5.04 Å². The molecule has 1 saturated carbocycles. The number of carbonyl (C=O) groups excluding carboxylic acids is 1. The first-order chi connectivity index (χ1) is 13.8. The number of fused-ring (bicyclic) bond motifs is 1. The third-order valence-electron chi connectivity index (χ3n) is 6.59. The van der Waals surface area contributed by atoms with Crippen molar-refractivity contribution in [1.29, 1.82) is 0 Å². The van der Waals surface area contributed by atoms with E-state index in [0.29, 0.717) is 19.4 Å². The molecule has 2 aliphatic rings. The molecule has 0 aromatic heterocycles. The predicted molar refractivity (Wildman–Crippen MR) is 116 cm³/mol. The molecule has 0 amide bonds. The van der Waals surface area contributed by atoms with Crippen LogP contribution in [0.4, 0.5) is 0 Å². The maximum absolute atomic E-state index is 11.8. The van der Waals surface area contributed by atoms with E-state index >= 15 is 0 Å². The summed E-state index contributed by atoms with van der Waals surface area (Å²) in [6.45, 7) is 7.17. The summed E-state index contributed by atoms with van der Waals surface area (Å²) in [6, 6.07) is 21.0. The number of esters is 1. The van der Waals surface area contributed by atoms with Crippen LogP contribution in [0, 0.1) is 11.8 Å². The van der Waals surface area contributed by atoms with Crippen LogP contribution in [0.3, 0.4) is 0 Å². The minimum Gasteiger partial charge on any atom is -0.462 e. The first-order valence-electron chi connectivity index (χ1n) is 10.5. The number of aliphatic hydroxyl groups is 1. The van der Waals surface area contributed by atoms with E-state index in [2.05, 4.69) is 69.3 Å². The molecule has 154 valence electrons. The lowest BCUT2D eigenvalue weighted by molar-refractivity contribution is -0.141. The van der Waals surface area contributed by atoms with Crippen LogP contribution in [0.15, 0.2) is 60.7 Å². The molecule has 1 N–H and O–H groups in total. The highest BCUT2D eigenvalue weighted by atomic mass is 28.4. The third-order valence-corrected chi connectivity index (χ3v) is 11.6. The number of rotatable bonds is 5. The van der Waals surface area contributed by atoms with Crippen molar-refractivity contribution >= 4 is 24.7 Å². The number of benzene rings is 2. The largest absolute Gasteiger partial charge is 0.462 e. The molecule has 4 rings (SSSR count). The Bertz CT molecular complexity index is 807. The molecule has 2 aromatic carbocycles. The summed E-state index contributed by atoms with van der Waals surface area (Å²) in [5, 5.41) is 13.0. The zero-order chi connectivity index (χ0) is 20.6. The molecular weight excluding hydrogens is 380 g/mol. The third kappa shape index (κ3) is 3.56. The first-order valence-corrected chi connectivity index (χ1v) is 12.4. The van der Waals surface area contributed by atoms with Crippen LogP contribution < -0.4 is 10.4 Å². The number of ether oxygens (including phenoxy) is 1. The van der Waals surface area contributed by atoms with Crippen molar-refractivity contribution < 1.29 is 19.1 Å². The normalized spacial score (nSPS) is 27.0. The minimum atomic E-state index is -2.64. The number of hydrogen-bond acceptors (Lipinski definition) is 4. The molecule has 1 aliphatic heterocycles. The second-order valence-electron chi connectivity index (χ2n) is 9.34. The van der Waals surface area contributed by atoms with E-state index in [1.165, 1.54) is 10.4 Å². The zero-order valence-corrected chi connectivity index (χ0v) is 18.4. The van der Waals surface area contributed by atoms with Gasteiger partial charge in [-0.1, -0.05) is 81.4 Å². The maximum Gasteiger partial charge on any atom is 0.306 e. The van der Waals surface area contributed by atoms with Crippen molar-refractivity contribution in [2.75, 3.05) is 6.61 Å². The van der Waals surface area contributed by atoms with Crippen LogP contribution >= 0.6 is 0 Å². The Kier molecular flexibility index (Phi) is 5.40. The lowest BCUT2D eigenvalue weighted by Gasteiger charge is -2.44. The van der Waals surface area contributed by atoms with E-state index in [4.69, 9.17) is 9.16 Å². The average Bonchev–Trinajstić information content (AvgIpc) is 3.18.